The van der Waals surface area contributed by atoms with Gasteiger partial charge in [-0.1, -0.05) is 13.0 Å². The van der Waals surface area contributed by atoms with Crippen LogP contribution in [0.25, 0.3) is 10.9 Å². The van der Waals surface area contributed by atoms with Crippen molar-refractivity contribution in [1.29, 1.82) is 0 Å². The molecule has 1 aliphatic heterocycles. The summed E-state index contributed by atoms with van der Waals surface area (Å²) in [6.45, 7) is 3.15. The summed E-state index contributed by atoms with van der Waals surface area (Å²) >= 11 is 1.97. The van der Waals surface area contributed by atoms with Gasteiger partial charge in [-0.3, -0.25) is 0 Å². The molecule has 1 fully saturated rings. The Hall–Kier alpha value is -0.960. The second-order valence-corrected chi connectivity index (χ2v) is 7.23. The van der Waals surface area contributed by atoms with Gasteiger partial charge in [-0.15, -0.1) is 0 Å². The van der Waals surface area contributed by atoms with Gasteiger partial charge >= 0.3 is 6.18 Å². The van der Waals surface area contributed by atoms with Crippen molar-refractivity contribution in [2.75, 3.05) is 18.4 Å². The van der Waals surface area contributed by atoms with E-state index in [0.29, 0.717) is 21.2 Å². The van der Waals surface area contributed by atoms with Crippen LogP contribution in [0, 0.1) is 9.62 Å². The number of piperidine rings is 1. The average Bonchev–Trinajstić information content (AvgIpc) is 2.77. The maximum absolute atomic E-state index is 12.8. The lowest BCUT2D eigenvalue weighted by atomic mass is 9.95. The van der Waals surface area contributed by atoms with Crippen molar-refractivity contribution >= 4 is 39.2 Å². The molecule has 2 N–H and O–H groups in total. The number of alkyl halides is 3. The molecule has 0 aliphatic carbocycles. The quantitative estimate of drug-likeness (QED) is 0.705. The van der Waals surface area contributed by atoms with Crippen LogP contribution in [0.15, 0.2) is 24.3 Å². The predicted octanol–water partition coefficient (Wildman–Crippen LogP) is 4.22. The van der Waals surface area contributed by atoms with E-state index >= 15 is 0 Å². The fourth-order valence-corrected chi connectivity index (χ4v) is 3.89. The first-order chi connectivity index (χ1) is 10.8. The van der Waals surface area contributed by atoms with Crippen LogP contribution in [0.3, 0.4) is 0 Å². The van der Waals surface area contributed by atoms with Crippen molar-refractivity contribution < 1.29 is 13.2 Å². The average molecular weight is 437 g/mol. The van der Waals surface area contributed by atoms with E-state index < -0.39 is 12.7 Å². The number of fused-ring (bicyclic) bond motifs is 1. The summed E-state index contributed by atoms with van der Waals surface area (Å²) < 4.78 is 40.3. The molecule has 0 radical (unpaired) electrons. The minimum Gasteiger partial charge on any atom is -0.381 e. The third-order valence-electron chi connectivity index (χ3n) is 4.36. The lowest BCUT2D eigenvalue weighted by Crippen LogP contribution is -2.42. The zero-order chi connectivity index (χ0) is 16.6. The van der Waals surface area contributed by atoms with Gasteiger partial charge < -0.3 is 15.2 Å². The van der Waals surface area contributed by atoms with Crippen LogP contribution in [0.1, 0.15) is 13.3 Å². The Balaban J connectivity index is 1.94. The number of anilines is 1. The maximum Gasteiger partial charge on any atom is 0.406 e. The Labute approximate surface area is 146 Å². The van der Waals surface area contributed by atoms with Gasteiger partial charge in [-0.2, -0.15) is 13.2 Å². The molecule has 1 aromatic carbocycles. The van der Waals surface area contributed by atoms with Gasteiger partial charge in [0.2, 0.25) is 0 Å². The van der Waals surface area contributed by atoms with Crippen LogP contribution in [-0.4, -0.2) is 29.9 Å². The molecule has 7 heteroatoms. The van der Waals surface area contributed by atoms with Crippen LogP contribution < -0.4 is 10.6 Å². The van der Waals surface area contributed by atoms with E-state index in [1.165, 1.54) is 4.57 Å². The Morgan fingerprint density at radius 3 is 2.87 bits per heavy atom. The Kier molecular flexibility index (Phi) is 4.78. The molecule has 2 atom stereocenters. The predicted molar refractivity (Wildman–Crippen MR) is 94.8 cm³/mol. The van der Waals surface area contributed by atoms with Crippen LogP contribution >= 0.6 is 22.6 Å². The van der Waals surface area contributed by atoms with E-state index in [2.05, 4.69) is 17.6 Å². The van der Waals surface area contributed by atoms with Gasteiger partial charge in [0, 0.05) is 17.1 Å². The molecule has 23 heavy (non-hydrogen) atoms. The second kappa shape index (κ2) is 6.51. The number of nitrogens with one attached hydrogen (secondary N) is 2. The number of hydrogen-bond donors (Lipinski definition) is 2. The third-order valence-corrected chi connectivity index (χ3v) is 5.25. The van der Waals surface area contributed by atoms with E-state index in [-0.39, 0.29) is 0 Å². The summed E-state index contributed by atoms with van der Waals surface area (Å²) in [5, 5.41) is 7.75. The highest BCUT2D eigenvalue weighted by atomic mass is 127. The Morgan fingerprint density at radius 2 is 2.17 bits per heavy atom. The van der Waals surface area contributed by atoms with E-state index in [9.17, 15) is 13.2 Å². The molecule has 3 nitrogen and oxygen atoms in total. The van der Waals surface area contributed by atoms with Crippen LogP contribution in [0.2, 0.25) is 0 Å². The van der Waals surface area contributed by atoms with Crippen molar-refractivity contribution in [2.45, 2.75) is 32.1 Å². The summed E-state index contributed by atoms with van der Waals surface area (Å²) in [5.74, 6) is 0.482. The lowest BCUT2D eigenvalue weighted by molar-refractivity contribution is -0.140. The highest BCUT2D eigenvalue weighted by Crippen LogP contribution is 2.32. The molecule has 0 unspecified atom stereocenters. The molecule has 1 saturated heterocycles. The summed E-state index contributed by atoms with van der Waals surface area (Å²) in [5.41, 5.74) is 1.54. The van der Waals surface area contributed by atoms with Crippen LogP contribution in [-0.2, 0) is 6.54 Å². The van der Waals surface area contributed by atoms with E-state index in [1.807, 2.05) is 40.8 Å². The Morgan fingerprint density at radius 1 is 1.39 bits per heavy atom. The topological polar surface area (TPSA) is 29.0 Å². The fraction of sp³-hybridized carbons (Fsp3) is 0.500. The molecule has 1 aliphatic rings. The number of benzene rings is 1. The molecule has 0 saturated carbocycles. The van der Waals surface area contributed by atoms with Gasteiger partial charge in [0.1, 0.15) is 6.54 Å². The normalized spacial score (nSPS) is 22.5. The molecular weight excluding hydrogens is 418 g/mol. The minimum absolute atomic E-state index is 0.338. The highest BCUT2D eigenvalue weighted by Gasteiger charge is 2.30. The van der Waals surface area contributed by atoms with Crippen molar-refractivity contribution in [2.24, 2.45) is 5.92 Å². The molecular formula is C16H19F3IN3. The van der Waals surface area contributed by atoms with Gasteiger partial charge in [-0.05, 0) is 66.2 Å². The highest BCUT2D eigenvalue weighted by molar-refractivity contribution is 14.1. The molecule has 126 valence electrons. The summed E-state index contributed by atoms with van der Waals surface area (Å²) in [6.07, 6.45) is -3.21. The van der Waals surface area contributed by atoms with Gasteiger partial charge in [0.25, 0.3) is 0 Å². The van der Waals surface area contributed by atoms with Crippen molar-refractivity contribution in [3.8, 4) is 0 Å². The number of nitrogens with zero attached hydrogens (tertiary/aromatic N) is 1. The first kappa shape index (κ1) is 16.9. The molecule has 0 amide bonds. The van der Waals surface area contributed by atoms with Crippen molar-refractivity contribution in [1.82, 2.24) is 9.88 Å². The summed E-state index contributed by atoms with van der Waals surface area (Å²) in [6, 6.07) is 7.69. The van der Waals surface area contributed by atoms with E-state index in [4.69, 9.17) is 0 Å². The summed E-state index contributed by atoms with van der Waals surface area (Å²) in [4.78, 5) is 0. The molecule has 3 rings (SSSR count). The monoisotopic (exact) mass is 437 g/mol. The van der Waals surface area contributed by atoms with E-state index in [0.717, 1.165) is 30.6 Å². The smallest absolute Gasteiger partial charge is 0.381 e. The molecule has 0 spiro atoms. The fourth-order valence-electron chi connectivity index (χ4n) is 3.15. The zero-order valence-corrected chi connectivity index (χ0v) is 14.9. The number of aromatic nitrogens is 1. The number of halogens is 4. The van der Waals surface area contributed by atoms with Gasteiger partial charge in [0.05, 0.1) is 9.22 Å². The second-order valence-electron chi connectivity index (χ2n) is 6.13. The Bertz CT molecular complexity index is 696. The van der Waals surface area contributed by atoms with Crippen LogP contribution in [0.5, 0.6) is 0 Å². The first-order valence-corrected chi connectivity index (χ1v) is 8.75. The number of rotatable bonds is 3. The molecule has 2 heterocycles. The molecule has 2 aromatic rings. The maximum atomic E-state index is 12.8. The standard InChI is InChI=1S/C16H19F3IN3/c1-10-8-21-6-5-12(10)22-13-3-2-4-14-11(13)7-15(20)23(14)9-16(17,18)19/h2-4,7,10,12,21-22H,5-6,8-9H2,1H3/t10-,12-/m0/s1. The zero-order valence-electron chi connectivity index (χ0n) is 12.8. The van der Waals surface area contributed by atoms with Gasteiger partial charge in [0.15, 0.2) is 0 Å². The first-order valence-electron chi connectivity index (χ1n) is 7.67. The molecule has 0 bridgehead atoms. The summed E-state index contributed by atoms with van der Waals surface area (Å²) in [7, 11) is 0. The SMILES string of the molecule is C[C@H]1CNCC[C@@H]1Nc1cccc2c1cc(I)n2CC(F)(F)F. The lowest BCUT2D eigenvalue weighted by Gasteiger charge is -2.31. The van der Waals surface area contributed by atoms with Gasteiger partial charge in [-0.25, -0.2) is 0 Å². The number of hydrogen-bond acceptors (Lipinski definition) is 2. The van der Waals surface area contributed by atoms with Crippen molar-refractivity contribution in [3.63, 3.8) is 0 Å². The molecule has 1 aromatic heterocycles. The largest absolute Gasteiger partial charge is 0.406 e. The minimum atomic E-state index is -4.22. The van der Waals surface area contributed by atoms with E-state index in [1.54, 1.807) is 6.07 Å². The third kappa shape index (κ3) is 3.76. The van der Waals surface area contributed by atoms with Crippen LogP contribution in [0.4, 0.5) is 18.9 Å². The van der Waals surface area contributed by atoms with Crippen molar-refractivity contribution in [3.05, 3.63) is 28.0 Å².